The first-order valence-electron chi connectivity index (χ1n) is 5.61. The molecular formula is C13H9F3N4. The third-order valence-electron chi connectivity index (χ3n) is 2.40. The number of hydrogen-bond donors (Lipinski definition) is 1. The molecular weight excluding hydrogens is 269 g/mol. The standard InChI is InChI=1S/C13H9F3N4/c14-13(15,16)5-9-1-3-10(4-2-9)20-12-8-18-11(6-17)7-19-12/h1-4,7-8H,5H2,(H,19,20). The van der Waals surface area contributed by atoms with Crippen molar-refractivity contribution in [3.63, 3.8) is 0 Å². The van der Waals surface area contributed by atoms with Crippen molar-refractivity contribution in [2.24, 2.45) is 0 Å². The van der Waals surface area contributed by atoms with Crippen LogP contribution in [0.1, 0.15) is 11.3 Å². The number of aromatic nitrogens is 2. The number of hydrogen-bond acceptors (Lipinski definition) is 4. The minimum absolute atomic E-state index is 0.189. The van der Waals surface area contributed by atoms with E-state index in [1.807, 2.05) is 6.07 Å². The quantitative estimate of drug-likeness (QED) is 0.936. The first-order chi connectivity index (χ1) is 9.46. The number of anilines is 2. The van der Waals surface area contributed by atoms with E-state index in [1.165, 1.54) is 36.7 Å². The Morgan fingerprint density at radius 2 is 1.80 bits per heavy atom. The number of nitriles is 1. The molecule has 2 rings (SSSR count). The van der Waals surface area contributed by atoms with E-state index in [0.29, 0.717) is 11.5 Å². The zero-order valence-electron chi connectivity index (χ0n) is 10.1. The van der Waals surface area contributed by atoms with E-state index >= 15 is 0 Å². The van der Waals surface area contributed by atoms with Crippen LogP contribution in [0, 0.1) is 11.3 Å². The Morgan fingerprint density at radius 3 is 2.30 bits per heavy atom. The maximum atomic E-state index is 12.2. The van der Waals surface area contributed by atoms with Gasteiger partial charge in [-0.05, 0) is 17.7 Å². The van der Waals surface area contributed by atoms with Crippen LogP contribution < -0.4 is 5.32 Å². The number of halogens is 3. The van der Waals surface area contributed by atoms with Gasteiger partial charge in [0, 0.05) is 5.69 Å². The van der Waals surface area contributed by atoms with Crippen LogP contribution in [-0.4, -0.2) is 16.1 Å². The first-order valence-corrected chi connectivity index (χ1v) is 5.61. The lowest BCUT2D eigenvalue weighted by Crippen LogP contribution is -2.11. The molecule has 1 aromatic heterocycles. The number of rotatable bonds is 3. The van der Waals surface area contributed by atoms with Crippen molar-refractivity contribution in [3.05, 3.63) is 47.9 Å². The fourth-order valence-corrected chi connectivity index (χ4v) is 1.54. The van der Waals surface area contributed by atoms with Crippen molar-refractivity contribution in [3.8, 4) is 6.07 Å². The SMILES string of the molecule is N#Cc1cnc(Nc2ccc(CC(F)(F)F)cc2)cn1. The molecule has 0 unspecified atom stereocenters. The molecule has 0 aliphatic rings. The van der Waals surface area contributed by atoms with Gasteiger partial charge in [-0.15, -0.1) is 0 Å². The molecule has 0 aliphatic heterocycles. The molecule has 0 spiro atoms. The summed E-state index contributed by atoms with van der Waals surface area (Å²) in [4.78, 5) is 7.78. The third kappa shape index (κ3) is 3.95. The van der Waals surface area contributed by atoms with Crippen LogP contribution in [0.3, 0.4) is 0 Å². The van der Waals surface area contributed by atoms with E-state index in [0.717, 1.165) is 0 Å². The van der Waals surface area contributed by atoms with Crippen molar-refractivity contribution < 1.29 is 13.2 Å². The highest BCUT2D eigenvalue weighted by atomic mass is 19.4. The Kier molecular flexibility index (Phi) is 3.84. The van der Waals surface area contributed by atoms with Gasteiger partial charge < -0.3 is 5.32 Å². The molecule has 102 valence electrons. The van der Waals surface area contributed by atoms with E-state index < -0.39 is 12.6 Å². The van der Waals surface area contributed by atoms with Crippen molar-refractivity contribution in [1.82, 2.24) is 9.97 Å². The summed E-state index contributed by atoms with van der Waals surface area (Å²) in [6.07, 6.45) is -2.49. The Bertz CT molecular complexity index is 612. The van der Waals surface area contributed by atoms with Gasteiger partial charge in [0.05, 0.1) is 18.8 Å². The molecule has 20 heavy (non-hydrogen) atoms. The highest BCUT2D eigenvalue weighted by Gasteiger charge is 2.27. The third-order valence-corrected chi connectivity index (χ3v) is 2.40. The maximum Gasteiger partial charge on any atom is 0.393 e. The van der Waals surface area contributed by atoms with E-state index in [1.54, 1.807) is 0 Å². The maximum absolute atomic E-state index is 12.2. The van der Waals surface area contributed by atoms with Crippen LogP contribution in [0.15, 0.2) is 36.7 Å². The van der Waals surface area contributed by atoms with Crippen LogP contribution in [0.2, 0.25) is 0 Å². The lowest BCUT2D eigenvalue weighted by Gasteiger charge is -2.08. The second-order valence-electron chi connectivity index (χ2n) is 4.01. The number of alkyl halides is 3. The molecule has 0 bridgehead atoms. The summed E-state index contributed by atoms with van der Waals surface area (Å²) in [6, 6.07) is 7.69. The molecule has 0 saturated heterocycles. The van der Waals surface area contributed by atoms with Crippen LogP contribution in [0.5, 0.6) is 0 Å². The van der Waals surface area contributed by atoms with Gasteiger partial charge in [-0.2, -0.15) is 18.4 Å². The van der Waals surface area contributed by atoms with Gasteiger partial charge in [-0.1, -0.05) is 12.1 Å². The normalized spacial score (nSPS) is 10.9. The molecule has 1 heterocycles. The number of benzene rings is 1. The van der Waals surface area contributed by atoms with Gasteiger partial charge in [0.25, 0.3) is 0 Å². The molecule has 0 aliphatic carbocycles. The van der Waals surface area contributed by atoms with Crippen LogP contribution in [0.4, 0.5) is 24.7 Å². The Morgan fingerprint density at radius 1 is 1.10 bits per heavy atom. The molecule has 1 N–H and O–H groups in total. The zero-order chi connectivity index (χ0) is 14.6. The smallest absolute Gasteiger partial charge is 0.339 e. The minimum Gasteiger partial charge on any atom is -0.339 e. The molecule has 0 saturated carbocycles. The highest BCUT2D eigenvalue weighted by molar-refractivity contribution is 5.55. The van der Waals surface area contributed by atoms with Gasteiger partial charge in [-0.25, -0.2) is 9.97 Å². The van der Waals surface area contributed by atoms with E-state index in [9.17, 15) is 13.2 Å². The van der Waals surface area contributed by atoms with Crippen molar-refractivity contribution in [1.29, 1.82) is 5.26 Å². The fourth-order valence-electron chi connectivity index (χ4n) is 1.54. The summed E-state index contributed by atoms with van der Waals surface area (Å²) in [5.74, 6) is 0.410. The van der Waals surface area contributed by atoms with Gasteiger partial charge in [0.1, 0.15) is 11.9 Å². The van der Waals surface area contributed by atoms with Crippen molar-refractivity contribution >= 4 is 11.5 Å². The minimum atomic E-state index is -4.21. The second-order valence-corrected chi connectivity index (χ2v) is 4.01. The number of nitrogens with zero attached hydrogens (tertiary/aromatic N) is 3. The first kappa shape index (κ1) is 13.8. The zero-order valence-corrected chi connectivity index (χ0v) is 10.1. The molecule has 0 amide bonds. The number of nitrogens with one attached hydrogen (secondary N) is 1. The Balaban J connectivity index is 2.05. The molecule has 4 nitrogen and oxygen atoms in total. The summed E-state index contributed by atoms with van der Waals surface area (Å²) in [5, 5.41) is 11.5. The molecule has 0 radical (unpaired) electrons. The van der Waals surface area contributed by atoms with Gasteiger partial charge in [0.2, 0.25) is 0 Å². The average Bonchev–Trinajstić information content (AvgIpc) is 2.40. The van der Waals surface area contributed by atoms with E-state index in [4.69, 9.17) is 5.26 Å². The van der Waals surface area contributed by atoms with Gasteiger partial charge in [0.15, 0.2) is 5.69 Å². The fraction of sp³-hybridized carbons (Fsp3) is 0.154. The lowest BCUT2D eigenvalue weighted by molar-refractivity contribution is -0.127. The molecule has 2 aromatic rings. The van der Waals surface area contributed by atoms with Crippen LogP contribution >= 0.6 is 0 Å². The van der Waals surface area contributed by atoms with Gasteiger partial charge in [-0.3, -0.25) is 0 Å². The van der Waals surface area contributed by atoms with Crippen LogP contribution in [-0.2, 0) is 6.42 Å². The summed E-state index contributed by atoms with van der Waals surface area (Å²) in [5.41, 5.74) is 0.972. The second kappa shape index (κ2) is 5.57. The van der Waals surface area contributed by atoms with Gasteiger partial charge >= 0.3 is 6.18 Å². The Labute approximate surface area is 112 Å². The van der Waals surface area contributed by atoms with Crippen molar-refractivity contribution in [2.45, 2.75) is 12.6 Å². The van der Waals surface area contributed by atoms with E-state index in [-0.39, 0.29) is 11.3 Å². The molecule has 7 heteroatoms. The summed E-state index contributed by atoms with van der Waals surface area (Å²) < 4.78 is 36.6. The Hall–Kier alpha value is -2.62. The van der Waals surface area contributed by atoms with E-state index in [2.05, 4.69) is 15.3 Å². The lowest BCUT2D eigenvalue weighted by atomic mass is 10.1. The summed E-state index contributed by atoms with van der Waals surface area (Å²) in [7, 11) is 0. The van der Waals surface area contributed by atoms with Crippen LogP contribution in [0.25, 0.3) is 0 Å². The largest absolute Gasteiger partial charge is 0.393 e. The predicted octanol–water partition coefficient (Wildman–Crippen LogP) is 3.20. The molecule has 1 aromatic carbocycles. The van der Waals surface area contributed by atoms with Crippen molar-refractivity contribution in [2.75, 3.05) is 5.32 Å². The average molecular weight is 278 g/mol. The summed E-state index contributed by atoms with van der Waals surface area (Å²) >= 11 is 0. The summed E-state index contributed by atoms with van der Waals surface area (Å²) in [6.45, 7) is 0. The molecule has 0 atom stereocenters. The topological polar surface area (TPSA) is 61.6 Å². The predicted molar refractivity (Wildman–Crippen MR) is 66.2 cm³/mol. The highest BCUT2D eigenvalue weighted by Crippen LogP contribution is 2.22. The monoisotopic (exact) mass is 278 g/mol. The molecule has 0 fully saturated rings.